The summed E-state index contributed by atoms with van der Waals surface area (Å²) in [5.41, 5.74) is 1.37. The molecule has 1 aliphatic carbocycles. The first-order chi connectivity index (χ1) is 8.54. The third-order valence-electron chi connectivity index (χ3n) is 3.60. The van der Waals surface area contributed by atoms with E-state index in [0.29, 0.717) is 23.6 Å². The number of benzene rings is 1. The SMILES string of the molecule is CC1(C)CC1c1noc(Cc2ccc(O)cc2)n1. The summed E-state index contributed by atoms with van der Waals surface area (Å²) in [6, 6.07) is 7.05. The first kappa shape index (κ1) is 11.3. The summed E-state index contributed by atoms with van der Waals surface area (Å²) in [6.45, 7) is 4.43. The van der Waals surface area contributed by atoms with Crippen LogP contribution in [0.2, 0.25) is 0 Å². The Bertz CT molecular complexity index is 557. The smallest absolute Gasteiger partial charge is 0.231 e. The average Bonchev–Trinajstić information content (AvgIpc) is 2.75. The molecule has 0 spiro atoms. The first-order valence-corrected chi connectivity index (χ1v) is 6.15. The van der Waals surface area contributed by atoms with Gasteiger partial charge in [0, 0.05) is 5.92 Å². The number of rotatable bonds is 3. The van der Waals surface area contributed by atoms with Gasteiger partial charge in [0.2, 0.25) is 5.89 Å². The number of aromatic hydroxyl groups is 1. The molecule has 4 nitrogen and oxygen atoms in total. The van der Waals surface area contributed by atoms with E-state index in [-0.39, 0.29) is 5.75 Å². The lowest BCUT2D eigenvalue weighted by atomic mass is 10.1. The highest BCUT2D eigenvalue weighted by molar-refractivity contribution is 5.27. The van der Waals surface area contributed by atoms with Crippen molar-refractivity contribution in [3.05, 3.63) is 41.5 Å². The van der Waals surface area contributed by atoms with Gasteiger partial charge in [-0.2, -0.15) is 4.98 Å². The zero-order chi connectivity index (χ0) is 12.8. The summed E-state index contributed by atoms with van der Waals surface area (Å²) >= 11 is 0. The molecule has 1 aromatic heterocycles. The van der Waals surface area contributed by atoms with E-state index in [1.54, 1.807) is 12.1 Å². The second kappa shape index (κ2) is 3.83. The molecule has 4 heteroatoms. The number of aromatic nitrogens is 2. The van der Waals surface area contributed by atoms with Crippen LogP contribution in [0.25, 0.3) is 0 Å². The summed E-state index contributed by atoms with van der Waals surface area (Å²) in [5.74, 6) is 2.17. The molecule has 1 aliphatic rings. The number of phenols is 1. The largest absolute Gasteiger partial charge is 0.508 e. The van der Waals surface area contributed by atoms with E-state index in [1.165, 1.54) is 0 Å². The summed E-state index contributed by atoms with van der Waals surface area (Å²) in [6.07, 6.45) is 1.74. The molecule has 1 aromatic carbocycles. The molecule has 1 atom stereocenters. The Kier molecular flexibility index (Phi) is 2.40. The van der Waals surface area contributed by atoms with Gasteiger partial charge in [-0.15, -0.1) is 0 Å². The van der Waals surface area contributed by atoms with Gasteiger partial charge in [0.05, 0.1) is 6.42 Å². The molecular weight excluding hydrogens is 228 g/mol. The molecule has 1 unspecified atom stereocenters. The predicted octanol–water partition coefficient (Wildman–Crippen LogP) is 2.88. The summed E-state index contributed by atoms with van der Waals surface area (Å²) in [4.78, 5) is 4.45. The Hall–Kier alpha value is -1.84. The highest BCUT2D eigenvalue weighted by Gasteiger charge is 2.49. The van der Waals surface area contributed by atoms with Crippen LogP contribution in [-0.4, -0.2) is 15.2 Å². The lowest BCUT2D eigenvalue weighted by molar-refractivity contribution is 0.377. The minimum Gasteiger partial charge on any atom is -0.508 e. The van der Waals surface area contributed by atoms with Gasteiger partial charge in [0.1, 0.15) is 5.75 Å². The second-order valence-corrected chi connectivity index (χ2v) is 5.63. The molecule has 94 valence electrons. The fourth-order valence-electron chi connectivity index (χ4n) is 2.18. The highest BCUT2D eigenvalue weighted by Crippen LogP contribution is 2.57. The Morgan fingerprint density at radius 2 is 2.00 bits per heavy atom. The molecule has 0 bridgehead atoms. The van der Waals surface area contributed by atoms with Crippen molar-refractivity contribution in [3.63, 3.8) is 0 Å². The van der Waals surface area contributed by atoms with E-state index in [0.717, 1.165) is 17.8 Å². The zero-order valence-corrected chi connectivity index (χ0v) is 10.6. The minimum atomic E-state index is 0.268. The van der Waals surface area contributed by atoms with Gasteiger partial charge in [0.15, 0.2) is 5.82 Å². The molecule has 1 fully saturated rings. The zero-order valence-electron chi connectivity index (χ0n) is 10.6. The Balaban J connectivity index is 1.72. The molecule has 1 N–H and O–H groups in total. The van der Waals surface area contributed by atoms with Gasteiger partial charge >= 0.3 is 0 Å². The lowest BCUT2D eigenvalue weighted by Gasteiger charge is -1.97. The van der Waals surface area contributed by atoms with E-state index >= 15 is 0 Å². The van der Waals surface area contributed by atoms with Crippen molar-refractivity contribution in [2.75, 3.05) is 0 Å². The van der Waals surface area contributed by atoms with E-state index in [1.807, 2.05) is 12.1 Å². The van der Waals surface area contributed by atoms with Gasteiger partial charge in [-0.3, -0.25) is 0 Å². The van der Waals surface area contributed by atoms with Crippen molar-refractivity contribution in [3.8, 4) is 5.75 Å². The van der Waals surface area contributed by atoms with Crippen molar-refractivity contribution >= 4 is 0 Å². The van der Waals surface area contributed by atoms with Crippen molar-refractivity contribution < 1.29 is 9.63 Å². The highest BCUT2D eigenvalue weighted by atomic mass is 16.5. The van der Waals surface area contributed by atoms with Gasteiger partial charge in [-0.25, -0.2) is 0 Å². The van der Waals surface area contributed by atoms with E-state index < -0.39 is 0 Å². The molecule has 0 aliphatic heterocycles. The van der Waals surface area contributed by atoms with Crippen molar-refractivity contribution in [1.29, 1.82) is 0 Å². The van der Waals surface area contributed by atoms with Crippen molar-refractivity contribution in [2.45, 2.75) is 32.6 Å². The van der Waals surface area contributed by atoms with Crippen LogP contribution in [0.4, 0.5) is 0 Å². The van der Waals surface area contributed by atoms with E-state index in [2.05, 4.69) is 24.0 Å². The van der Waals surface area contributed by atoms with Gasteiger partial charge in [-0.05, 0) is 29.5 Å². The molecule has 1 saturated carbocycles. The maximum atomic E-state index is 9.21. The van der Waals surface area contributed by atoms with Crippen LogP contribution in [0, 0.1) is 5.41 Å². The van der Waals surface area contributed by atoms with Gasteiger partial charge < -0.3 is 9.63 Å². The van der Waals surface area contributed by atoms with Crippen molar-refractivity contribution in [1.82, 2.24) is 10.1 Å². The lowest BCUT2D eigenvalue weighted by Crippen LogP contribution is -1.93. The normalized spacial score (nSPS) is 20.9. The van der Waals surface area contributed by atoms with Crippen LogP contribution in [0.5, 0.6) is 5.75 Å². The Morgan fingerprint density at radius 3 is 2.61 bits per heavy atom. The van der Waals surface area contributed by atoms with E-state index in [9.17, 15) is 5.11 Å². The molecule has 0 saturated heterocycles. The van der Waals surface area contributed by atoms with Crippen LogP contribution in [-0.2, 0) is 6.42 Å². The monoisotopic (exact) mass is 244 g/mol. The third-order valence-corrected chi connectivity index (χ3v) is 3.60. The molecule has 2 aromatic rings. The maximum Gasteiger partial charge on any atom is 0.231 e. The molecule has 18 heavy (non-hydrogen) atoms. The predicted molar refractivity (Wildman–Crippen MR) is 66.3 cm³/mol. The molecule has 0 radical (unpaired) electrons. The van der Waals surface area contributed by atoms with Crippen LogP contribution < -0.4 is 0 Å². The van der Waals surface area contributed by atoms with Crippen LogP contribution >= 0.6 is 0 Å². The minimum absolute atomic E-state index is 0.268. The summed E-state index contributed by atoms with van der Waals surface area (Å²) < 4.78 is 5.27. The van der Waals surface area contributed by atoms with Crippen LogP contribution in [0.3, 0.4) is 0 Å². The molecule has 1 heterocycles. The molecule has 3 rings (SSSR count). The number of nitrogens with zero attached hydrogens (tertiary/aromatic N) is 2. The topological polar surface area (TPSA) is 59.2 Å². The second-order valence-electron chi connectivity index (χ2n) is 5.63. The quantitative estimate of drug-likeness (QED) is 0.901. The summed E-state index contributed by atoms with van der Waals surface area (Å²) in [7, 11) is 0. The fraction of sp³-hybridized carbons (Fsp3) is 0.429. The molecule has 0 amide bonds. The molecular formula is C14H16N2O2. The Morgan fingerprint density at radius 1 is 1.33 bits per heavy atom. The number of hydrogen-bond donors (Lipinski definition) is 1. The van der Waals surface area contributed by atoms with Gasteiger partial charge in [-0.1, -0.05) is 31.1 Å². The van der Waals surface area contributed by atoms with Crippen LogP contribution in [0.15, 0.2) is 28.8 Å². The first-order valence-electron chi connectivity index (χ1n) is 6.15. The summed E-state index contributed by atoms with van der Waals surface area (Å²) in [5, 5.41) is 13.3. The fourth-order valence-corrected chi connectivity index (χ4v) is 2.18. The van der Waals surface area contributed by atoms with Gasteiger partial charge in [0.25, 0.3) is 0 Å². The number of hydrogen-bond acceptors (Lipinski definition) is 4. The van der Waals surface area contributed by atoms with E-state index in [4.69, 9.17) is 4.52 Å². The number of phenolic OH excluding ortho intramolecular Hbond substituents is 1. The average molecular weight is 244 g/mol. The van der Waals surface area contributed by atoms with Crippen molar-refractivity contribution in [2.24, 2.45) is 5.41 Å². The third kappa shape index (κ3) is 2.10. The Labute approximate surface area is 106 Å². The standard InChI is InChI=1S/C14H16N2O2/c1-14(2)8-11(14)13-15-12(18-16-13)7-9-3-5-10(17)6-4-9/h3-6,11,17H,7-8H2,1-2H3. The maximum absolute atomic E-state index is 9.21. The van der Waals surface area contributed by atoms with Crippen LogP contribution in [0.1, 0.15) is 43.5 Å².